The van der Waals surface area contributed by atoms with E-state index < -0.39 is 0 Å². The molecular formula is C23H29N7O. The summed E-state index contributed by atoms with van der Waals surface area (Å²) in [5.41, 5.74) is 4.74. The van der Waals surface area contributed by atoms with Crippen molar-refractivity contribution in [3.8, 4) is 0 Å². The first-order chi connectivity index (χ1) is 14.9. The summed E-state index contributed by atoms with van der Waals surface area (Å²) in [6, 6.07) is 9.55. The average Bonchev–Trinajstić information content (AvgIpc) is 3.01. The van der Waals surface area contributed by atoms with Crippen LogP contribution >= 0.6 is 0 Å². The Bertz CT molecular complexity index is 1080. The number of carbonyl (C=O) groups is 1. The molecule has 1 aliphatic heterocycles. The molecular weight excluding hydrogens is 390 g/mol. The van der Waals surface area contributed by atoms with Crippen LogP contribution in [-0.4, -0.2) is 38.7 Å². The summed E-state index contributed by atoms with van der Waals surface area (Å²) in [5, 5.41) is 10.6. The van der Waals surface area contributed by atoms with Crippen LogP contribution in [0.5, 0.6) is 0 Å². The van der Waals surface area contributed by atoms with Gasteiger partial charge in [-0.1, -0.05) is 0 Å². The average molecular weight is 420 g/mol. The van der Waals surface area contributed by atoms with Crippen molar-refractivity contribution in [3.05, 3.63) is 53.0 Å². The summed E-state index contributed by atoms with van der Waals surface area (Å²) >= 11 is 0. The molecule has 1 amide bonds. The van der Waals surface area contributed by atoms with Gasteiger partial charge in [-0.05, 0) is 64.3 Å². The predicted octanol–water partition coefficient (Wildman–Crippen LogP) is 4.12. The molecule has 3 heterocycles. The van der Waals surface area contributed by atoms with Crippen molar-refractivity contribution in [2.24, 2.45) is 7.05 Å². The van der Waals surface area contributed by atoms with Gasteiger partial charge in [-0.2, -0.15) is 10.1 Å². The van der Waals surface area contributed by atoms with Gasteiger partial charge in [0.25, 0.3) is 5.91 Å². The van der Waals surface area contributed by atoms with E-state index in [0.717, 1.165) is 53.3 Å². The van der Waals surface area contributed by atoms with Gasteiger partial charge in [-0.25, -0.2) is 4.98 Å². The van der Waals surface area contributed by atoms with Crippen molar-refractivity contribution < 1.29 is 4.79 Å². The molecule has 0 radical (unpaired) electrons. The largest absolute Gasteiger partial charge is 0.341 e. The first-order valence-electron chi connectivity index (χ1n) is 10.7. The van der Waals surface area contributed by atoms with Crippen molar-refractivity contribution in [2.45, 2.75) is 40.0 Å². The molecule has 4 rings (SSSR count). The quantitative estimate of drug-likeness (QED) is 0.647. The van der Waals surface area contributed by atoms with E-state index in [4.69, 9.17) is 4.98 Å². The lowest BCUT2D eigenvalue weighted by molar-refractivity contribution is 0.102. The number of aryl methyl sites for hydroxylation is 3. The van der Waals surface area contributed by atoms with Crippen molar-refractivity contribution in [1.29, 1.82) is 0 Å². The monoisotopic (exact) mass is 419 g/mol. The highest BCUT2D eigenvalue weighted by molar-refractivity contribution is 6.05. The number of rotatable bonds is 5. The summed E-state index contributed by atoms with van der Waals surface area (Å²) in [6.07, 6.45) is 3.65. The normalized spacial score (nSPS) is 13.9. The predicted molar refractivity (Wildman–Crippen MR) is 123 cm³/mol. The van der Waals surface area contributed by atoms with Crippen LogP contribution in [0.3, 0.4) is 0 Å². The van der Waals surface area contributed by atoms with Gasteiger partial charge in [0.15, 0.2) is 0 Å². The van der Waals surface area contributed by atoms with Gasteiger partial charge >= 0.3 is 0 Å². The summed E-state index contributed by atoms with van der Waals surface area (Å²) < 4.78 is 1.72. The van der Waals surface area contributed by atoms with Crippen molar-refractivity contribution in [1.82, 2.24) is 19.7 Å². The smallest absolute Gasteiger partial charge is 0.259 e. The molecule has 2 N–H and O–H groups in total. The van der Waals surface area contributed by atoms with Gasteiger partial charge in [0.1, 0.15) is 5.82 Å². The highest BCUT2D eigenvalue weighted by Crippen LogP contribution is 2.23. The van der Waals surface area contributed by atoms with Crippen LogP contribution < -0.4 is 15.5 Å². The van der Waals surface area contributed by atoms with Gasteiger partial charge < -0.3 is 15.5 Å². The Kier molecular flexibility index (Phi) is 5.88. The first-order valence-corrected chi connectivity index (χ1v) is 10.7. The summed E-state index contributed by atoms with van der Waals surface area (Å²) in [4.78, 5) is 24.2. The lowest BCUT2D eigenvalue weighted by Crippen LogP contribution is -2.31. The maximum atomic E-state index is 12.7. The summed E-state index contributed by atoms with van der Waals surface area (Å²) in [7, 11) is 1.84. The molecule has 1 saturated heterocycles. The van der Waals surface area contributed by atoms with Crippen LogP contribution in [0.25, 0.3) is 0 Å². The van der Waals surface area contributed by atoms with Crippen LogP contribution in [0.4, 0.5) is 23.1 Å². The molecule has 162 valence electrons. The lowest BCUT2D eigenvalue weighted by atomic mass is 10.1. The second-order valence-electron chi connectivity index (χ2n) is 8.07. The minimum atomic E-state index is -0.151. The van der Waals surface area contributed by atoms with E-state index >= 15 is 0 Å². The highest BCUT2D eigenvalue weighted by Gasteiger charge is 2.18. The Morgan fingerprint density at radius 1 is 0.968 bits per heavy atom. The van der Waals surface area contributed by atoms with Gasteiger partial charge in [-0.15, -0.1) is 0 Å². The Hall–Kier alpha value is -3.42. The van der Waals surface area contributed by atoms with E-state index in [1.165, 1.54) is 19.3 Å². The zero-order chi connectivity index (χ0) is 22.0. The zero-order valence-corrected chi connectivity index (χ0v) is 18.6. The number of aromatic nitrogens is 4. The second kappa shape index (κ2) is 8.75. The van der Waals surface area contributed by atoms with Gasteiger partial charge in [0.05, 0.1) is 11.3 Å². The Balaban J connectivity index is 1.45. The van der Waals surface area contributed by atoms with Crippen molar-refractivity contribution in [2.75, 3.05) is 28.6 Å². The standard InChI is InChI=1S/C23H29N7O/c1-15-14-20(27-23(24-15)30-12-6-5-7-13-30)25-18-8-10-19(11-9-18)26-22(31)21-16(2)28-29(4)17(21)3/h8-11,14H,5-7,12-13H2,1-4H3,(H,26,31)(H,24,25,27). The van der Waals surface area contributed by atoms with E-state index in [2.05, 4.69) is 25.6 Å². The third kappa shape index (κ3) is 4.68. The van der Waals surface area contributed by atoms with Crippen LogP contribution in [-0.2, 0) is 7.05 Å². The number of benzene rings is 1. The van der Waals surface area contributed by atoms with Crippen molar-refractivity contribution in [3.63, 3.8) is 0 Å². The molecule has 0 bridgehead atoms. The molecule has 0 spiro atoms. The fraction of sp³-hybridized carbons (Fsp3) is 0.391. The molecule has 1 aliphatic rings. The van der Waals surface area contributed by atoms with E-state index in [1.54, 1.807) is 4.68 Å². The highest BCUT2D eigenvalue weighted by atomic mass is 16.1. The topological polar surface area (TPSA) is 88.0 Å². The number of nitrogens with zero attached hydrogens (tertiary/aromatic N) is 5. The second-order valence-corrected chi connectivity index (χ2v) is 8.07. The fourth-order valence-electron chi connectivity index (χ4n) is 3.93. The Labute approximate surface area is 182 Å². The number of nitrogens with one attached hydrogen (secondary N) is 2. The molecule has 1 aromatic carbocycles. The molecule has 0 atom stereocenters. The Morgan fingerprint density at radius 2 is 1.65 bits per heavy atom. The zero-order valence-electron chi connectivity index (χ0n) is 18.6. The molecule has 0 aliphatic carbocycles. The number of hydrogen-bond donors (Lipinski definition) is 2. The van der Waals surface area contributed by atoms with Crippen LogP contribution in [0.15, 0.2) is 30.3 Å². The number of anilines is 4. The Morgan fingerprint density at radius 3 is 2.29 bits per heavy atom. The van der Waals surface area contributed by atoms with Crippen molar-refractivity contribution >= 4 is 29.0 Å². The molecule has 0 unspecified atom stereocenters. The molecule has 8 nitrogen and oxygen atoms in total. The molecule has 3 aromatic rings. The first kappa shape index (κ1) is 20.8. The van der Waals surface area contributed by atoms with E-state index in [-0.39, 0.29) is 5.91 Å². The maximum absolute atomic E-state index is 12.7. The van der Waals surface area contributed by atoms with Crippen LogP contribution in [0.2, 0.25) is 0 Å². The third-order valence-electron chi connectivity index (χ3n) is 5.63. The minimum absolute atomic E-state index is 0.151. The van der Waals surface area contributed by atoms with Crippen LogP contribution in [0, 0.1) is 20.8 Å². The van der Waals surface area contributed by atoms with Gasteiger partial charge in [0, 0.05) is 49.0 Å². The number of carbonyl (C=O) groups excluding carboxylic acids is 1. The molecule has 0 saturated carbocycles. The molecule has 1 fully saturated rings. The van der Waals surface area contributed by atoms with Gasteiger partial charge in [0.2, 0.25) is 5.95 Å². The van der Waals surface area contributed by atoms with E-state index in [0.29, 0.717) is 5.56 Å². The minimum Gasteiger partial charge on any atom is -0.341 e. The fourth-order valence-corrected chi connectivity index (χ4v) is 3.93. The lowest BCUT2D eigenvalue weighted by Gasteiger charge is -2.27. The number of amides is 1. The SMILES string of the molecule is Cc1cc(Nc2ccc(NC(=O)c3c(C)nn(C)c3C)cc2)nc(N2CCCCC2)n1. The molecule has 8 heteroatoms. The van der Waals surface area contributed by atoms with E-state index in [9.17, 15) is 4.79 Å². The van der Waals surface area contributed by atoms with Gasteiger partial charge in [-0.3, -0.25) is 9.48 Å². The maximum Gasteiger partial charge on any atom is 0.259 e. The van der Waals surface area contributed by atoms with Crippen LogP contribution in [0.1, 0.15) is 46.7 Å². The third-order valence-corrected chi connectivity index (χ3v) is 5.63. The van der Waals surface area contributed by atoms with E-state index in [1.807, 2.05) is 58.2 Å². The summed E-state index contributed by atoms with van der Waals surface area (Å²) in [5.74, 6) is 1.40. The number of hydrogen-bond acceptors (Lipinski definition) is 6. The molecule has 2 aromatic heterocycles. The molecule has 31 heavy (non-hydrogen) atoms. The number of piperidine rings is 1. The summed E-state index contributed by atoms with van der Waals surface area (Å²) in [6.45, 7) is 7.74.